The second-order valence-electron chi connectivity index (χ2n) is 10.6. The van der Waals surface area contributed by atoms with Crippen LogP contribution in [-0.4, -0.2) is 74.9 Å². The van der Waals surface area contributed by atoms with Crippen molar-refractivity contribution < 1.29 is 14.3 Å². The number of nitrogens with two attached hydrogens (primary N) is 1. The summed E-state index contributed by atoms with van der Waals surface area (Å²) in [4.78, 5) is 37.3. The molecule has 2 bridgehead atoms. The molecule has 0 radical (unpaired) electrons. The number of aromatic nitrogens is 4. The molecule has 3 N–H and O–H groups in total. The van der Waals surface area contributed by atoms with E-state index in [9.17, 15) is 9.59 Å². The van der Waals surface area contributed by atoms with Gasteiger partial charge in [0.15, 0.2) is 5.65 Å². The van der Waals surface area contributed by atoms with Gasteiger partial charge in [0, 0.05) is 48.0 Å². The van der Waals surface area contributed by atoms with Gasteiger partial charge in [-0.3, -0.25) is 14.6 Å². The normalized spacial score (nSPS) is 20.7. The van der Waals surface area contributed by atoms with Crippen molar-refractivity contribution in [3.63, 3.8) is 0 Å². The van der Waals surface area contributed by atoms with E-state index in [1.165, 1.54) is 7.11 Å². The molecule has 11 heteroatoms. The minimum atomic E-state index is -0.680. The first kappa shape index (κ1) is 27.2. The zero-order valence-electron chi connectivity index (χ0n) is 23.1. The van der Waals surface area contributed by atoms with E-state index < -0.39 is 6.04 Å². The molecule has 3 atom stereocenters. The Bertz CT molecular complexity index is 1550. The van der Waals surface area contributed by atoms with Crippen LogP contribution in [0, 0.1) is 0 Å². The molecule has 41 heavy (non-hydrogen) atoms. The van der Waals surface area contributed by atoms with E-state index in [0.717, 1.165) is 58.7 Å². The van der Waals surface area contributed by atoms with Crippen molar-refractivity contribution >= 4 is 35.5 Å². The Labute approximate surface area is 242 Å². The maximum atomic E-state index is 13.4. The SMILES string of the molecule is COCC(NC=O)C(=O)N1C2CCC1CC(c1nc3c(-c4ccc(-c5ccccc5)nc4)cnn3c(N)c1SC)C2. The van der Waals surface area contributed by atoms with Crippen LogP contribution in [0.5, 0.6) is 0 Å². The molecule has 4 aromatic rings. The van der Waals surface area contributed by atoms with Crippen LogP contribution in [0.2, 0.25) is 0 Å². The number of pyridine rings is 1. The van der Waals surface area contributed by atoms with Crippen LogP contribution in [0.1, 0.15) is 37.3 Å². The van der Waals surface area contributed by atoms with E-state index >= 15 is 0 Å². The van der Waals surface area contributed by atoms with E-state index in [1.807, 2.05) is 59.8 Å². The molecule has 0 aliphatic carbocycles. The Morgan fingerprint density at radius 1 is 1.15 bits per heavy atom. The zero-order valence-corrected chi connectivity index (χ0v) is 23.9. The quantitative estimate of drug-likeness (QED) is 0.230. The Kier molecular flexibility index (Phi) is 7.63. The smallest absolute Gasteiger partial charge is 0.248 e. The predicted molar refractivity (Wildman–Crippen MR) is 158 cm³/mol. The number of methoxy groups -OCH3 is 1. The van der Waals surface area contributed by atoms with Crippen molar-refractivity contribution in [1.29, 1.82) is 0 Å². The molecule has 2 saturated heterocycles. The molecule has 2 aliphatic rings. The fraction of sp³-hybridized carbons (Fsp3) is 0.367. The lowest BCUT2D eigenvalue weighted by Crippen LogP contribution is -2.54. The summed E-state index contributed by atoms with van der Waals surface area (Å²) in [5, 5.41) is 7.22. The second-order valence-corrected chi connectivity index (χ2v) is 11.4. The van der Waals surface area contributed by atoms with Gasteiger partial charge in [0.2, 0.25) is 12.3 Å². The van der Waals surface area contributed by atoms with Crippen LogP contribution in [0.15, 0.2) is 59.8 Å². The highest BCUT2D eigenvalue weighted by Crippen LogP contribution is 2.46. The molecular weight excluding hydrogens is 538 g/mol. The van der Waals surface area contributed by atoms with Gasteiger partial charge < -0.3 is 20.7 Å². The fourth-order valence-electron chi connectivity index (χ4n) is 6.42. The number of benzene rings is 1. The number of hydrogen-bond acceptors (Lipinski definition) is 8. The van der Waals surface area contributed by atoms with Gasteiger partial charge in [-0.15, -0.1) is 11.8 Å². The van der Waals surface area contributed by atoms with Crippen molar-refractivity contribution in [1.82, 2.24) is 29.8 Å². The van der Waals surface area contributed by atoms with Crippen LogP contribution in [0.25, 0.3) is 28.0 Å². The topological polar surface area (TPSA) is 128 Å². The molecule has 0 spiro atoms. The summed E-state index contributed by atoms with van der Waals surface area (Å²) in [7, 11) is 1.53. The van der Waals surface area contributed by atoms with E-state index in [-0.39, 0.29) is 30.5 Å². The average Bonchev–Trinajstić information content (AvgIpc) is 3.55. The number of anilines is 1. The van der Waals surface area contributed by atoms with Crippen molar-refractivity contribution in [3.05, 3.63) is 60.6 Å². The summed E-state index contributed by atoms with van der Waals surface area (Å²) < 4.78 is 6.91. The van der Waals surface area contributed by atoms with Gasteiger partial charge in [-0.05, 0) is 38.0 Å². The minimum Gasteiger partial charge on any atom is -0.383 e. The summed E-state index contributed by atoms with van der Waals surface area (Å²) >= 11 is 1.58. The molecule has 10 nitrogen and oxygen atoms in total. The van der Waals surface area contributed by atoms with E-state index in [4.69, 9.17) is 20.4 Å². The largest absolute Gasteiger partial charge is 0.383 e. The molecule has 2 amide bonds. The van der Waals surface area contributed by atoms with Crippen LogP contribution in [0.3, 0.4) is 0 Å². The van der Waals surface area contributed by atoms with Gasteiger partial charge in [0.25, 0.3) is 0 Å². The van der Waals surface area contributed by atoms with Crippen molar-refractivity contribution in [3.8, 4) is 22.4 Å². The Morgan fingerprint density at radius 2 is 1.90 bits per heavy atom. The van der Waals surface area contributed by atoms with Gasteiger partial charge >= 0.3 is 0 Å². The van der Waals surface area contributed by atoms with E-state index in [2.05, 4.69) is 10.4 Å². The molecule has 2 aliphatic heterocycles. The maximum absolute atomic E-state index is 13.4. The molecule has 1 aromatic carbocycles. The first-order valence-electron chi connectivity index (χ1n) is 13.8. The number of carbonyl (C=O) groups excluding carboxylic acids is 2. The van der Waals surface area contributed by atoms with Crippen molar-refractivity contribution in [2.24, 2.45) is 0 Å². The number of hydrogen-bond donors (Lipinski definition) is 2. The van der Waals surface area contributed by atoms with Crippen LogP contribution in [-0.2, 0) is 14.3 Å². The lowest BCUT2D eigenvalue weighted by molar-refractivity contribution is -0.140. The average molecular weight is 572 g/mol. The Balaban J connectivity index is 1.32. The first-order chi connectivity index (χ1) is 20.0. The van der Waals surface area contributed by atoms with Crippen LogP contribution in [0.4, 0.5) is 5.82 Å². The maximum Gasteiger partial charge on any atom is 0.248 e. The van der Waals surface area contributed by atoms with Gasteiger partial charge in [0.1, 0.15) is 11.9 Å². The number of ether oxygens (including phenoxy) is 1. The molecule has 212 valence electrons. The highest BCUT2D eigenvalue weighted by atomic mass is 32.2. The Morgan fingerprint density at radius 3 is 2.54 bits per heavy atom. The molecule has 0 saturated carbocycles. The summed E-state index contributed by atoms with van der Waals surface area (Å²) in [6.07, 6.45) is 9.66. The number of piperidine rings is 1. The first-order valence-corrected chi connectivity index (χ1v) is 15.0. The van der Waals surface area contributed by atoms with E-state index in [1.54, 1.807) is 22.5 Å². The number of nitrogens with one attached hydrogen (secondary N) is 1. The lowest BCUT2D eigenvalue weighted by atomic mass is 9.87. The second kappa shape index (κ2) is 11.5. The lowest BCUT2D eigenvalue weighted by Gasteiger charge is -2.40. The highest BCUT2D eigenvalue weighted by molar-refractivity contribution is 7.98. The van der Waals surface area contributed by atoms with Crippen LogP contribution >= 0.6 is 11.8 Å². The molecule has 3 unspecified atom stereocenters. The van der Waals surface area contributed by atoms with Crippen LogP contribution < -0.4 is 11.1 Å². The van der Waals surface area contributed by atoms with Gasteiger partial charge in [-0.1, -0.05) is 36.4 Å². The number of carbonyl (C=O) groups is 2. The Hall–Kier alpha value is -3.96. The third kappa shape index (κ3) is 4.93. The zero-order chi connectivity index (χ0) is 28.5. The van der Waals surface area contributed by atoms with Gasteiger partial charge in [0.05, 0.1) is 29.1 Å². The third-order valence-electron chi connectivity index (χ3n) is 8.29. The highest BCUT2D eigenvalue weighted by Gasteiger charge is 2.46. The molecule has 5 heterocycles. The van der Waals surface area contributed by atoms with Crippen molar-refractivity contribution in [2.45, 2.75) is 54.6 Å². The van der Waals surface area contributed by atoms with Crippen molar-refractivity contribution in [2.75, 3.05) is 25.7 Å². The standard InChI is InChI=1S/C30H33N7O3S/c1-40-16-25(33-17-38)30(39)36-21-9-10-22(36)13-20(12-21)26-27(41-2)28(31)37-29(35-26)23(15-34-37)19-8-11-24(32-14-19)18-6-4-3-5-7-18/h3-8,11,14-15,17,20-22,25H,9-10,12-13,16,31H2,1-2H3,(H,33,38). The number of fused-ring (bicyclic) bond motifs is 3. The number of nitrogen functional groups attached to an aromatic ring is 1. The minimum absolute atomic E-state index is 0.0760. The number of rotatable bonds is 9. The summed E-state index contributed by atoms with van der Waals surface area (Å²) in [5.41, 5.74) is 12.1. The monoisotopic (exact) mass is 571 g/mol. The van der Waals surface area contributed by atoms with Gasteiger partial charge in [-0.25, -0.2) is 4.98 Å². The third-order valence-corrected chi connectivity index (χ3v) is 9.11. The van der Waals surface area contributed by atoms with Gasteiger partial charge in [-0.2, -0.15) is 9.61 Å². The molecule has 6 rings (SSSR count). The molecule has 2 fully saturated rings. The molecular formula is C30H33N7O3S. The summed E-state index contributed by atoms with van der Waals surface area (Å²) in [6.45, 7) is 0.146. The number of amides is 2. The summed E-state index contributed by atoms with van der Waals surface area (Å²) in [6, 6.07) is 13.6. The molecule has 3 aromatic heterocycles. The summed E-state index contributed by atoms with van der Waals surface area (Å²) in [5.74, 6) is 0.633. The predicted octanol–water partition coefficient (Wildman–Crippen LogP) is 3.76. The fourth-order valence-corrected chi connectivity index (χ4v) is 7.14. The van der Waals surface area contributed by atoms with E-state index in [0.29, 0.717) is 17.9 Å². The number of thioether (sulfide) groups is 1. The number of nitrogens with zero attached hydrogens (tertiary/aromatic N) is 5.